The van der Waals surface area contributed by atoms with E-state index in [0.717, 1.165) is 35.1 Å². The Balaban J connectivity index is 1.52. The number of anilines is 2. The monoisotopic (exact) mass is 275 g/mol. The number of fused-ring (bicyclic) bond motifs is 2. The first kappa shape index (κ1) is 12.4. The van der Waals surface area contributed by atoms with E-state index in [2.05, 4.69) is 32.6 Å². The van der Waals surface area contributed by atoms with Gasteiger partial charge in [0.25, 0.3) is 0 Å². The van der Waals surface area contributed by atoms with Crippen molar-refractivity contribution in [2.24, 2.45) is 0 Å². The fourth-order valence-electron chi connectivity index (χ4n) is 2.70. The maximum absolute atomic E-state index is 4.67. The minimum absolute atomic E-state index is 0.912. The van der Waals surface area contributed by atoms with Gasteiger partial charge in [0.05, 0.1) is 29.2 Å². The molecule has 5 radical (unpaired) electrons. The second kappa shape index (κ2) is 4.58. The van der Waals surface area contributed by atoms with E-state index in [9.17, 15) is 0 Å². The fourth-order valence-corrected chi connectivity index (χ4v) is 2.70. The third-order valence-corrected chi connectivity index (χ3v) is 3.90. The van der Waals surface area contributed by atoms with Crippen LogP contribution in [0.25, 0.3) is 0 Å². The molecule has 0 bridgehead atoms. The molecule has 0 aromatic heterocycles. The van der Waals surface area contributed by atoms with Crippen LogP contribution in [0, 0.1) is 18.8 Å². The molecular formula is C17H15N4. The van der Waals surface area contributed by atoms with Crippen molar-refractivity contribution in [3.05, 3.63) is 67.3 Å². The molecule has 2 aromatic carbocycles. The average Bonchev–Trinajstić information content (AvgIpc) is 2.99. The maximum Gasteiger partial charge on any atom is 0.184 e. The summed E-state index contributed by atoms with van der Waals surface area (Å²) in [5, 5.41) is 9.35. The zero-order valence-electron chi connectivity index (χ0n) is 12.0. The van der Waals surface area contributed by atoms with E-state index in [4.69, 9.17) is 0 Å². The number of benzene rings is 2. The van der Waals surface area contributed by atoms with Crippen LogP contribution in [0.2, 0.25) is 0 Å². The Bertz CT molecular complexity index is 612. The summed E-state index contributed by atoms with van der Waals surface area (Å²) in [6.45, 7) is 0. The van der Waals surface area contributed by atoms with E-state index in [1.807, 2.05) is 56.9 Å². The van der Waals surface area contributed by atoms with Crippen LogP contribution in [0.5, 0.6) is 0 Å². The summed E-state index contributed by atoms with van der Waals surface area (Å²) in [7, 11) is 4.06. The summed E-state index contributed by atoms with van der Waals surface area (Å²) >= 11 is 0. The first-order valence-electron chi connectivity index (χ1n) is 6.92. The molecule has 21 heavy (non-hydrogen) atoms. The SMILES string of the molecule is CN1[C]([CH][C]2[N]c3ccccc3N2C)[N]c2ccccc21. The van der Waals surface area contributed by atoms with Crippen LogP contribution >= 0.6 is 0 Å². The Kier molecular flexibility index (Phi) is 2.70. The standard InChI is InChI=1S/C17H15N4/c1-20-14-9-5-3-7-12(14)18-16(20)11-17-19-13-8-4-6-10-15(13)21(17)2/h3-11H,1-2H3. The lowest BCUT2D eigenvalue weighted by Crippen LogP contribution is -2.32. The molecule has 0 N–H and O–H groups in total. The molecule has 0 spiro atoms. The Morgan fingerprint density at radius 3 is 1.57 bits per heavy atom. The van der Waals surface area contributed by atoms with Crippen LogP contribution in [-0.4, -0.2) is 14.1 Å². The van der Waals surface area contributed by atoms with Gasteiger partial charge < -0.3 is 9.80 Å². The average molecular weight is 275 g/mol. The van der Waals surface area contributed by atoms with Crippen LogP contribution in [0.15, 0.2) is 48.5 Å². The van der Waals surface area contributed by atoms with Gasteiger partial charge in [-0.1, -0.05) is 24.3 Å². The third kappa shape index (κ3) is 1.90. The quantitative estimate of drug-likeness (QED) is 0.844. The van der Waals surface area contributed by atoms with Gasteiger partial charge in [-0.05, 0) is 24.3 Å². The predicted molar refractivity (Wildman–Crippen MR) is 84.1 cm³/mol. The van der Waals surface area contributed by atoms with E-state index in [0.29, 0.717) is 0 Å². The molecular weight excluding hydrogens is 260 g/mol. The second-order valence-corrected chi connectivity index (χ2v) is 5.18. The summed E-state index contributed by atoms with van der Waals surface area (Å²) < 4.78 is 0. The molecule has 0 saturated carbocycles. The molecule has 4 nitrogen and oxygen atoms in total. The summed E-state index contributed by atoms with van der Waals surface area (Å²) in [6, 6.07) is 16.3. The summed E-state index contributed by atoms with van der Waals surface area (Å²) in [5.41, 5.74) is 4.26. The van der Waals surface area contributed by atoms with Crippen LogP contribution < -0.4 is 20.4 Å². The minimum atomic E-state index is 0.912. The largest absolute Gasteiger partial charge is 0.345 e. The van der Waals surface area contributed by atoms with Gasteiger partial charge in [0.15, 0.2) is 12.3 Å². The maximum atomic E-state index is 4.67. The molecule has 0 aliphatic carbocycles. The number of hydrogen-bond acceptors (Lipinski definition) is 2. The fraction of sp³-hybridized carbons (Fsp3) is 0.118. The Morgan fingerprint density at radius 1 is 0.714 bits per heavy atom. The van der Waals surface area contributed by atoms with E-state index >= 15 is 0 Å². The molecule has 2 heterocycles. The molecule has 0 amide bonds. The molecule has 2 aromatic rings. The molecule has 0 atom stereocenters. The van der Waals surface area contributed by atoms with Gasteiger partial charge in [-0.15, -0.1) is 0 Å². The van der Waals surface area contributed by atoms with E-state index < -0.39 is 0 Å². The van der Waals surface area contributed by atoms with E-state index in [1.54, 1.807) is 0 Å². The molecule has 0 fully saturated rings. The normalized spacial score (nSPS) is 17.4. The van der Waals surface area contributed by atoms with Gasteiger partial charge in [-0.3, -0.25) is 0 Å². The first-order chi connectivity index (χ1) is 10.2. The van der Waals surface area contributed by atoms with Gasteiger partial charge in [0.1, 0.15) is 0 Å². The molecule has 2 aliphatic rings. The molecule has 4 heteroatoms. The van der Waals surface area contributed by atoms with Crippen molar-refractivity contribution in [2.45, 2.75) is 0 Å². The van der Waals surface area contributed by atoms with Crippen LogP contribution in [0.1, 0.15) is 0 Å². The van der Waals surface area contributed by atoms with Crippen molar-refractivity contribution in [2.75, 3.05) is 23.9 Å². The summed E-state index contributed by atoms with van der Waals surface area (Å²) in [4.78, 5) is 4.18. The molecule has 103 valence electrons. The van der Waals surface area contributed by atoms with E-state index in [1.165, 1.54) is 0 Å². The summed E-state index contributed by atoms with van der Waals surface area (Å²) in [6.07, 6.45) is 3.85. The van der Waals surface area contributed by atoms with Crippen LogP contribution in [0.4, 0.5) is 22.7 Å². The number of rotatable bonds is 2. The Morgan fingerprint density at radius 2 is 1.14 bits per heavy atom. The highest BCUT2D eigenvalue weighted by Gasteiger charge is 2.37. The van der Waals surface area contributed by atoms with Gasteiger partial charge in [-0.2, -0.15) is 0 Å². The molecule has 4 rings (SSSR count). The highest BCUT2D eigenvalue weighted by Crippen LogP contribution is 2.43. The van der Waals surface area contributed by atoms with Crippen LogP contribution in [-0.2, 0) is 0 Å². The van der Waals surface area contributed by atoms with Gasteiger partial charge >= 0.3 is 0 Å². The zero-order valence-corrected chi connectivity index (χ0v) is 12.0. The predicted octanol–water partition coefficient (Wildman–Crippen LogP) is 2.94. The highest BCUT2D eigenvalue weighted by atomic mass is 15.4. The van der Waals surface area contributed by atoms with Crippen molar-refractivity contribution < 1.29 is 0 Å². The molecule has 0 unspecified atom stereocenters. The first-order valence-corrected chi connectivity index (χ1v) is 6.92. The van der Waals surface area contributed by atoms with Crippen molar-refractivity contribution in [1.29, 1.82) is 0 Å². The highest BCUT2D eigenvalue weighted by molar-refractivity contribution is 5.77. The van der Waals surface area contributed by atoms with E-state index in [-0.39, 0.29) is 0 Å². The zero-order chi connectivity index (χ0) is 14.4. The number of hydrogen-bond donors (Lipinski definition) is 0. The topological polar surface area (TPSA) is 34.7 Å². The Labute approximate surface area is 125 Å². The Hall–Kier alpha value is -2.36. The van der Waals surface area contributed by atoms with Gasteiger partial charge in [0.2, 0.25) is 0 Å². The second-order valence-electron chi connectivity index (χ2n) is 5.18. The van der Waals surface area contributed by atoms with Crippen molar-refractivity contribution in [3.8, 4) is 0 Å². The van der Waals surface area contributed by atoms with Gasteiger partial charge in [0, 0.05) is 14.1 Å². The van der Waals surface area contributed by atoms with Crippen LogP contribution in [0.3, 0.4) is 0 Å². The third-order valence-electron chi connectivity index (χ3n) is 3.90. The van der Waals surface area contributed by atoms with Crippen molar-refractivity contribution >= 4 is 22.7 Å². The van der Waals surface area contributed by atoms with Crippen molar-refractivity contribution in [3.63, 3.8) is 0 Å². The molecule has 2 aliphatic heterocycles. The molecule has 0 saturated heterocycles. The lowest BCUT2D eigenvalue weighted by Gasteiger charge is -2.24. The summed E-state index contributed by atoms with van der Waals surface area (Å²) in [5.74, 6) is 0. The smallest absolute Gasteiger partial charge is 0.184 e. The lowest BCUT2D eigenvalue weighted by atomic mass is 10.2. The van der Waals surface area contributed by atoms with Gasteiger partial charge in [-0.25, -0.2) is 10.6 Å². The number of nitrogens with zero attached hydrogens (tertiary/aromatic N) is 4. The van der Waals surface area contributed by atoms with Crippen molar-refractivity contribution in [1.82, 2.24) is 10.6 Å². The number of para-hydroxylation sites is 4. The minimum Gasteiger partial charge on any atom is -0.345 e. The lowest BCUT2D eigenvalue weighted by molar-refractivity contribution is 0.764.